The molecule has 4 rings (SSSR count). The third-order valence-electron chi connectivity index (χ3n) is 7.44. The van der Waals surface area contributed by atoms with Crippen LogP contribution < -0.4 is 21.3 Å². The van der Waals surface area contributed by atoms with E-state index in [1.807, 2.05) is 6.07 Å². The van der Waals surface area contributed by atoms with Gasteiger partial charge >= 0.3 is 12.2 Å². The van der Waals surface area contributed by atoms with Crippen LogP contribution in [0, 0.1) is 0 Å². The summed E-state index contributed by atoms with van der Waals surface area (Å²) in [6, 6.07) is 12.9. The molecular weight excluding hydrogens is 535 g/mol. The van der Waals surface area contributed by atoms with Crippen molar-refractivity contribution >= 4 is 23.5 Å². The Balaban J connectivity index is 1.23. The van der Waals surface area contributed by atoms with Crippen molar-refractivity contribution < 1.29 is 27.6 Å². The van der Waals surface area contributed by atoms with E-state index >= 15 is 0 Å². The molecule has 1 aliphatic carbocycles. The molecule has 2 aromatic carbocycles. The number of alkyl halides is 3. The van der Waals surface area contributed by atoms with Gasteiger partial charge in [-0.1, -0.05) is 30.3 Å². The number of likely N-dealkylation sites (tertiary alicyclic amines) is 1. The van der Waals surface area contributed by atoms with E-state index in [-0.39, 0.29) is 23.8 Å². The first-order chi connectivity index (χ1) is 19.3. The van der Waals surface area contributed by atoms with Crippen LogP contribution in [0.1, 0.15) is 73.9 Å². The minimum atomic E-state index is -4.73. The van der Waals surface area contributed by atoms with Gasteiger partial charge in [-0.15, -0.1) is 0 Å². The Morgan fingerprint density at radius 3 is 2.20 bits per heavy atom. The van der Waals surface area contributed by atoms with Crippen molar-refractivity contribution in [2.45, 2.75) is 76.2 Å². The molecule has 1 heterocycles. The second-order valence-electron chi connectivity index (χ2n) is 11.9. The monoisotopic (exact) mass is 573 g/mol. The van der Waals surface area contributed by atoms with E-state index in [9.17, 15) is 27.6 Å². The normalized spacial score (nSPS) is 20.0. The van der Waals surface area contributed by atoms with Gasteiger partial charge in [-0.25, -0.2) is 4.79 Å². The highest BCUT2D eigenvalue weighted by atomic mass is 19.4. The molecule has 4 amide bonds. The molecule has 222 valence electrons. The van der Waals surface area contributed by atoms with E-state index in [1.165, 1.54) is 5.56 Å². The first kappa shape index (κ1) is 30.4. The summed E-state index contributed by atoms with van der Waals surface area (Å²) in [5.41, 5.74) is -0.819. The summed E-state index contributed by atoms with van der Waals surface area (Å²) < 4.78 is 40.4. The molecule has 2 aliphatic rings. The highest BCUT2D eigenvalue weighted by Gasteiger charge is 2.36. The van der Waals surface area contributed by atoms with Crippen LogP contribution in [-0.2, 0) is 11.0 Å². The van der Waals surface area contributed by atoms with Crippen LogP contribution in [0.4, 0.5) is 23.7 Å². The Bertz CT molecular complexity index is 1230. The maximum atomic E-state index is 13.5. The number of carbonyl (C=O) groups is 3. The molecule has 41 heavy (non-hydrogen) atoms. The van der Waals surface area contributed by atoms with E-state index in [1.54, 1.807) is 20.8 Å². The van der Waals surface area contributed by atoms with Gasteiger partial charge in [0.1, 0.15) is 0 Å². The molecule has 0 atom stereocenters. The number of hydrogen-bond acceptors (Lipinski definition) is 4. The van der Waals surface area contributed by atoms with E-state index in [2.05, 4.69) is 50.4 Å². The third-order valence-corrected chi connectivity index (χ3v) is 7.44. The summed E-state index contributed by atoms with van der Waals surface area (Å²) in [5.74, 6) is -0.668. The molecular formula is C30H38F3N5O3. The Hall–Kier alpha value is -3.60. The van der Waals surface area contributed by atoms with Crippen molar-refractivity contribution in [1.29, 1.82) is 0 Å². The molecule has 4 N–H and O–H groups in total. The SMILES string of the molecule is CC(C)(C)NC(=O)Nc1cc(C(=O)NCC(=O)NC2CN(C3CCC(c4ccccc4)CC3)C2)cc(C(F)(F)F)c1. The van der Waals surface area contributed by atoms with Crippen molar-refractivity contribution in [3.8, 4) is 0 Å². The smallest absolute Gasteiger partial charge is 0.349 e. The highest BCUT2D eigenvalue weighted by Crippen LogP contribution is 2.36. The molecule has 0 bridgehead atoms. The van der Waals surface area contributed by atoms with Gasteiger partial charge in [0.05, 0.1) is 18.2 Å². The van der Waals surface area contributed by atoms with Crippen LogP contribution in [0.15, 0.2) is 48.5 Å². The molecule has 1 saturated heterocycles. The van der Waals surface area contributed by atoms with Crippen LogP contribution in [0.5, 0.6) is 0 Å². The Kier molecular flexibility index (Phi) is 9.26. The molecule has 1 aliphatic heterocycles. The van der Waals surface area contributed by atoms with Crippen molar-refractivity contribution in [1.82, 2.24) is 20.9 Å². The van der Waals surface area contributed by atoms with E-state index in [0.717, 1.165) is 50.9 Å². The van der Waals surface area contributed by atoms with Gasteiger partial charge < -0.3 is 21.3 Å². The number of nitrogens with one attached hydrogen (secondary N) is 4. The zero-order valence-electron chi connectivity index (χ0n) is 23.6. The molecule has 0 spiro atoms. The van der Waals surface area contributed by atoms with Gasteiger partial charge in [0.15, 0.2) is 0 Å². The van der Waals surface area contributed by atoms with E-state index in [0.29, 0.717) is 18.0 Å². The van der Waals surface area contributed by atoms with Crippen molar-refractivity contribution in [2.75, 3.05) is 25.0 Å². The Morgan fingerprint density at radius 1 is 0.927 bits per heavy atom. The topological polar surface area (TPSA) is 103 Å². The summed E-state index contributed by atoms with van der Waals surface area (Å²) in [7, 11) is 0. The summed E-state index contributed by atoms with van der Waals surface area (Å²) in [6.45, 7) is 6.27. The number of amides is 4. The Labute approximate surface area is 238 Å². The first-order valence-electron chi connectivity index (χ1n) is 13.9. The first-order valence-corrected chi connectivity index (χ1v) is 13.9. The molecule has 11 heteroatoms. The van der Waals surface area contributed by atoms with Crippen molar-refractivity contribution in [2.24, 2.45) is 0 Å². The minimum absolute atomic E-state index is 0.0306. The number of anilines is 1. The van der Waals surface area contributed by atoms with Gasteiger partial charge in [-0.2, -0.15) is 13.2 Å². The fourth-order valence-corrected chi connectivity index (χ4v) is 5.44. The van der Waals surface area contributed by atoms with Gasteiger partial charge in [0.25, 0.3) is 5.91 Å². The number of halogens is 3. The second kappa shape index (κ2) is 12.5. The van der Waals surface area contributed by atoms with Crippen LogP contribution in [0.2, 0.25) is 0 Å². The predicted molar refractivity (Wildman–Crippen MR) is 151 cm³/mol. The van der Waals surface area contributed by atoms with Crippen LogP contribution in [-0.4, -0.2) is 60.0 Å². The zero-order chi connectivity index (χ0) is 29.8. The summed E-state index contributed by atoms with van der Waals surface area (Å²) >= 11 is 0. The number of urea groups is 1. The minimum Gasteiger partial charge on any atom is -0.349 e. The average molecular weight is 574 g/mol. The summed E-state index contributed by atoms with van der Waals surface area (Å²) in [5, 5.41) is 10.2. The van der Waals surface area contributed by atoms with Crippen LogP contribution >= 0.6 is 0 Å². The number of hydrogen-bond donors (Lipinski definition) is 4. The van der Waals surface area contributed by atoms with Gasteiger partial charge in [0.2, 0.25) is 5.91 Å². The zero-order valence-corrected chi connectivity index (χ0v) is 23.6. The standard InChI is InChI=1S/C30H38F3N5O3/c1-29(2,3)37-28(41)36-23-14-21(13-22(15-23)30(31,32)33)27(40)34-16-26(39)35-24-17-38(18-24)25-11-9-20(10-12-25)19-7-5-4-6-8-19/h4-8,13-15,20,24-25H,9-12,16-18H2,1-3H3,(H,34,40)(H,35,39)(H2,36,37,41). The highest BCUT2D eigenvalue weighted by molar-refractivity contribution is 5.99. The number of benzene rings is 2. The number of rotatable bonds is 7. The molecule has 0 unspecified atom stereocenters. The molecule has 0 radical (unpaired) electrons. The summed E-state index contributed by atoms with van der Waals surface area (Å²) in [4.78, 5) is 39.6. The van der Waals surface area contributed by atoms with Gasteiger partial charge in [0, 0.05) is 35.9 Å². The van der Waals surface area contributed by atoms with Gasteiger partial charge in [-0.05, 0) is 76.1 Å². The number of carbonyl (C=O) groups excluding carboxylic acids is 3. The lowest BCUT2D eigenvalue weighted by atomic mass is 9.80. The molecule has 2 fully saturated rings. The molecule has 1 saturated carbocycles. The lowest BCUT2D eigenvalue weighted by Crippen LogP contribution is -2.63. The van der Waals surface area contributed by atoms with E-state index in [4.69, 9.17) is 0 Å². The maximum Gasteiger partial charge on any atom is 0.416 e. The molecule has 2 aromatic rings. The van der Waals surface area contributed by atoms with Crippen molar-refractivity contribution in [3.63, 3.8) is 0 Å². The predicted octanol–water partition coefficient (Wildman–Crippen LogP) is 4.88. The fourth-order valence-electron chi connectivity index (χ4n) is 5.44. The second-order valence-corrected chi connectivity index (χ2v) is 11.9. The van der Waals surface area contributed by atoms with Gasteiger partial charge in [-0.3, -0.25) is 14.5 Å². The average Bonchev–Trinajstić information content (AvgIpc) is 2.88. The maximum absolute atomic E-state index is 13.5. The van der Waals surface area contributed by atoms with E-state index < -0.39 is 35.1 Å². The molecule has 8 nitrogen and oxygen atoms in total. The quantitative estimate of drug-likeness (QED) is 0.379. The lowest BCUT2D eigenvalue weighted by molar-refractivity contribution is -0.137. The fraction of sp³-hybridized carbons (Fsp3) is 0.500. The van der Waals surface area contributed by atoms with Crippen LogP contribution in [0.25, 0.3) is 0 Å². The third kappa shape index (κ3) is 8.69. The van der Waals surface area contributed by atoms with Crippen molar-refractivity contribution in [3.05, 3.63) is 65.2 Å². The lowest BCUT2D eigenvalue weighted by Gasteiger charge is -2.46. The largest absolute Gasteiger partial charge is 0.416 e. The Morgan fingerprint density at radius 2 is 1.59 bits per heavy atom. The van der Waals surface area contributed by atoms with Crippen LogP contribution in [0.3, 0.4) is 0 Å². The number of nitrogens with zero attached hydrogens (tertiary/aromatic N) is 1. The summed E-state index contributed by atoms with van der Waals surface area (Å²) in [6.07, 6.45) is -0.226. The molecule has 0 aromatic heterocycles.